The van der Waals surface area contributed by atoms with Gasteiger partial charge in [0.1, 0.15) is 0 Å². The molecule has 0 unspecified atom stereocenters. The van der Waals surface area contributed by atoms with Gasteiger partial charge >= 0.3 is 11.8 Å². The number of rotatable bonds is 4. The second-order valence-electron chi connectivity index (χ2n) is 4.62. The number of hydrogen-bond acceptors (Lipinski definition) is 2. The molecule has 2 N–H and O–H groups in total. The van der Waals surface area contributed by atoms with Gasteiger partial charge in [-0.2, -0.15) is 0 Å². The van der Waals surface area contributed by atoms with Crippen LogP contribution in [0.15, 0.2) is 48.5 Å². The summed E-state index contributed by atoms with van der Waals surface area (Å²) in [7, 11) is 0. The molecule has 0 heterocycles. The Morgan fingerprint density at radius 1 is 0.682 bits per heavy atom. The standard InChI is InChI=1S/C16H14Cl2N2O2/c17-13-5-1-11(2-6-13)9-19-15(21)16(22)20-10-12-3-7-14(18)8-4-12/h1-8H,9-10H2,(H,19,21)(H,20,22). The van der Waals surface area contributed by atoms with Crippen molar-refractivity contribution in [2.75, 3.05) is 0 Å². The lowest BCUT2D eigenvalue weighted by Gasteiger charge is -2.07. The first-order valence-electron chi connectivity index (χ1n) is 6.59. The third-order valence-corrected chi connectivity index (χ3v) is 3.44. The minimum atomic E-state index is -0.677. The van der Waals surface area contributed by atoms with Gasteiger partial charge < -0.3 is 10.6 Å². The van der Waals surface area contributed by atoms with Gasteiger partial charge in [-0.15, -0.1) is 0 Å². The summed E-state index contributed by atoms with van der Waals surface area (Å²) < 4.78 is 0. The van der Waals surface area contributed by atoms with E-state index in [2.05, 4.69) is 10.6 Å². The molecule has 2 amide bonds. The zero-order valence-electron chi connectivity index (χ0n) is 11.6. The zero-order chi connectivity index (χ0) is 15.9. The highest BCUT2D eigenvalue weighted by Gasteiger charge is 2.12. The summed E-state index contributed by atoms with van der Waals surface area (Å²) in [6, 6.07) is 14.0. The average molecular weight is 337 g/mol. The first-order chi connectivity index (χ1) is 10.5. The summed E-state index contributed by atoms with van der Waals surface area (Å²) in [6.07, 6.45) is 0. The maximum absolute atomic E-state index is 11.7. The van der Waals surface area contributed by atoms with E-state index in [0.717, 1.165) is 11.1 Å². The maximum atomic E-state index is 11.7. The molecule has 0 saturated carbocycles. The van der Waals surface area contributed by atoms with Gasteiger partial charge in [0.15, 0.2) is 0 Å². The molecule has 4 nitrogen and oxygen atoms in total. The lowest BCUT2D eigenvalue weighted by atomic mass is 10.2. The molecule has 2 aromatic carbocycles. The molecule has 114 valence electrons. The van der Waals surface area contributed by atoms with Crippen LogP contribution in [0.25, 0.3) is 0 Å². The number of carbonyl (C=O) groups is 2. The van der Waals surface area contributed by atoms with Crippen molar-refractivity contribution >= 4 is 35.0 Å². The molecular weight excluding hydrogens is 323 g/mol. The van der Waals surface area contributed by atoms with Crippen molar-refractivity contribution in [1.29, 1.82) is 0 Å². The normalized spacial score (nSPS) is 10.1. The van der Waals surface area contributed by atoms with Crippen molar-refractivity contribution < 1.29 is 9.59 Å². The molecule has 0 spiro atoms. The lowest BCUT2D eigenvalue weighted by Crippen LogP contribution is -2.39. The Balaban J connectivity index is 1.78. The van der Waals surface area contributed by atoms with Crippen molar-refractivity contribution in [2.24, 2.45) is 0 Å². The number of hydrogen-bond donors (Lipinski definition) is 2. The number of halogens is 2. The van der Waals surface area contributed by atoms with Gasteiger partial charge in [0.25, 0.3) is 0 Å². The Hall–Kier alpha value is -2.04. The van der Waals surface area contributed by atoms with E-state index in [9.17, 15) is 9.59 Å². The summed E-state index contributed by atoms with van der Waals surface area (Å²) in [5, 5.41) is 6.34. The van der Waals surface area contributed by atoms with Crippen LogP contribution in [0, 0.1) is 0 Å². The lowest BCUT2D eigenvalue weighted by molar-refractivity contribution is -0.139. The molecule has 22 heavy (non-hydrogen) atoms. The molecule has 2 rings (SSSR count). The largest absolute Gasteiger partial charge is 0.344 e. The van der Waals surface area contributed by atoms with E-state index in [0.29, 0.717) is 10.0 Å². The Kier molecular flexibility index (Phi) is 5.81. The topological polar surface area (TPSA) is 58.2 Å². The van der Waals surface area contributed by atoms with Crippen LogP contribution in [0.4, 0.5) is 0 Å². The number of amides is 2. The van der Waals surface area contributed by atoms with Crippen LogP contribution in [0.5, 0.6) is 0 Å². The smallest absolute Gasteiger partial charge is 0.309 e. The van der Waals surface area contributed by atoms with Crippen molar-refractivity contribution in [2.45, 2.75) is 13.1 Å². The molecule has 0 saturated heterocycles. The Morgan fingerprint density at radius 2 is 1.00 bits per heavy atom. The molecule has 0 atom stereocenters. The Bertz CT molecular complexity index is 595. The van der Waals surface area contributed by atoms with Gasteiger partial charge in [-0.05, 0) is 35.4 Å². The summed E-state index contributed by atoms with van der Waals surface area (Å²) in [5.41, 5.74) is 1.73. The first-order valence-corrected chi connectivity index (χ1v) is 7.35. The zero-order valence-corrected chi connectivity index (χ0v) is 13.1. The SMILES string of the molecule is O=C(NCc1ccc(Cl)cc1)C(=O)NCc1ccc(Cl)cc1. The third-order valence-electron chi connectivity index (χ3n) is 2.94. The third kappa shape index (κ3) is 5.06. The van der Waals surface area contributed by atoms with E-state index >= 15 is 0 Å². The molecule has 0 radical (unpaired) electrons. The van der Waals surface area contributed by atoms with E-state index in [1.165, 1.54) is 0 Å². The van der Waals surface area contributed by atoms with Gasteiger partial charge in [0, 0.05) is 23.1 Å². The second-order valence-corrected chi connectivity index (χ2v) is 5.49. The highest BCUT2D eigenvalue weighted by molar-refractivity contribution is 6.35. The summed E-state index contributed by atoms with van der Waals surface area (Å²) in [4.78, 5) is 23.4. The van der Waals surface area contributed by atoms with E-state index < -0.39 is 11.8 Å². The van der Waals surface area contributed by atoms with Gasteiger partial charge in [-0.1, -0.05) is 47.5 Å². The average Bonchev–Trinajstić information content (AvgIpc) is 2.53. The first kappa shape index (κ1) is 16.3. The molecule has 0 bridgehead atoms. The molecule has 0 aromatic heterocycles. The van der Waals surface area contributed by atoms with Gasteiger partial charge in [-0.3, -0.25) is 9.59 Å². The number of nitrogens with one attached hydrogen (secondary N) is 2. The van der Waals surface area contributed by atoms with E-state index in [4.69, 9.17) is 23.2 Å². The predicted octanol–water partition coefficient (Wildman–Crippen LogP) is 2.93. The maximum Gasteiger partial charge on any atom is 0.309 e. The summed E-state index contributed by atoms with van der Waals surface area (Å²) in [6.45, 7) is 0.536. The molecule has 0 aliphatic carbocycles. The highest BCUT2D eigenvalue weighted by atomic mass is 35.5. The fourth-order valence-corrected chi connectivity index (χ4v) is 1.98. The quantitative estimate of drug-likeness (QED) is 0.843. The number of carbonyl (C=O) groups excluding carboxylic acids is 2. The second kappa shape index (κ2) is 7.82. The Labute approximate surface area is 138 Å². The molecular formula is C16H14Cl2N2O2. The summed E-state index contributed by atoms with van der Waals surface area (Å²) >= 11 is 11.5. The van der Waals surface area contributed by atoms with E-state index in [1.54, 1.807) is 48.5 Å². The summed E-state index contributed by atoms with van der Waals surface area (Å²) in [5.74, 6) is -1.35. The fraction of sp³-hybridized carbons (Fsp3) is 0.125. The minimum absolute atomic E-state index is 0.268. The molecule has 0 aliphatic rings. The molecule has 6 heteroatoms. The molecule has 0 aliphatic heterocycles. The van der Waals surface area contributed by atoms with E-state index in [1.807, 2.05) is 0 Å². The highest BCUT2D eigenvalue weighted by Crippen LogP contribution is 2.10. The number of benzene rings is 2. The van der Waals surface area contributed by atoms with Crippen LogP contribution in [-0.2, 0) is 22.7 Å². The van der Waals surface area contributed by atoms with Crippen LogP contribution >= 0.6 is 23.2 Å². The van der Waals surface area contributed by atoms with Crippen molar-refractivity contribution in [3.8, 4) is 0 Å². The monoisotopic (exact) mass is 336 g/mol. The van der Waals surface area contributed by atoms with Crippen LogP contribution in [0.1, 0.15) is 11.1 Å². The van der Waals surface area contributed by atoms with Crippen molar-refractivity contribution in [3.63, 3.8) is 0 Å². The van der Waals surface area contributed by atoms with Crippen LogP contribution in [0.3, 0.4) is 0 Å². The van der Waals surface area contributed by atoms with Crippen molar-refractivity contribution in [3.05, 3.63) is 69.7 Å². The predicted molar refractivity (Wildman–Crippen MR) is 86.6 cm³/mol. The van der Waals surface area contributed by atoms with Gasteiger partial charge in [0.2, 0.25) is 0 Å². The molecule has 0 fully saturated rings. The van der Waals surface area contributed by atoms with Crippen LogP contribution in [-0.4, -0.2) is 11.8 Å². The van der Waals surface area contributed by atoms with Gasteiger partial charge in [0.05, 0.1) is 0 Å². The van der Waals surface area contributed by atoms with Gasteiger partial charge in [-0.25, -0.2) is 0 Å². The van der Waals surface area contributed by atoms with Crippen molar-refractivity contribution in [1.82, 2.24) is 10.6 Å². The van der Waals surface area contributed by atoms with Crippen LogP contribution < -0.4 is 10.6 Å². The Morgan fingerprint density at radius 3 is 1.32 bits per heavy atom. The molecule has 2 aromatic rings. The van der Waals surface area contributed by atoms with Crippen LogP contribution in [0.2, 0.25) is 10.0 Å². The van der Waals surface area contributed by atoms with E-state index in [-0.39, 0.29) is 13.1 Å². The minimum Gasteiger partial charge on any atom is -0.344 e. The fourth-order valence-electron chi connectivity index (χ4n) is 1.73.